The highest BCUT2D eigenvalue weighted by Crippen LogP contribution is 2.72. The summed E-state index contributed by atoms with van der Waals surface area (Å²) in [6, 6.07) is 15.3. The summed E-state index contributed by atoms with van der Waals surface area (Å²) in [7, 11) is 0. The number of nitriles is 1. The minimum Gasteiger partial charge on any atom is -0.481 e. The highest BCUT2D eigenvalue weighted by molar-refractivity contribution is 6.30. The summed E-state index contributed by atoms with van der Waals surface area (Å²) in [5, 5.41) is 18.2. The van der Waals surface area contributed by atoms with Crippen LogP contribution in [0.2, 0.25) is 0 Å². The number of allylic oxidation sites excluding steroid dienone is 2. The number of carbonyl (C=O) groups is 1. The van der Waals surface area contributed by atoms with Crippen molar-refractivity contribution in [3.05, 3.63) is 70.8 Å². The maximum absolute atomic E-state index is 13.1. The van der Waals surface area contributed by atoms with Gasteiger partial charge in [-0.15, -0.1) is 0 Å². The molecular formula is C23H19ClF3NO3. The molecule has 0 amide bonds. The van der Waals surface area contributed by atoms with Crippen LogP contribution in [0.1, 0.15) is 25.0 Å². The van der Waals surface area contributed by atoms with Gasteiger partial charge in [-0.2, -0.15) is 18.4 Å². The molecule has 2 aromatic rings. The van der Waals surface area contributed by atoms with Crippen molar-refractivity contribution in [2.45, 2.75) is 31.9 Å². The number of aliphatic carboxylic acids is 1. The number of carboxylic acid groups (broad SMARTS) is 1. The molecule has 3 rings (SSSR count). The van der Waals surface area contributed by atoms with E-state index in [9.17, 15) is 28.3 Å². The molecule has 0 aliphatic heterocycles. The number of halogens is 4. The molecule has 162 valence electrons. The molecule has 1 fully saturated rings. The van der Waals surface area contributed by atoms with Crippen molar-refractivity contribution in [2.75, 3.05) is 0 Å². The molecule has 4 nitrogen and oxygen atoms in total. The van der Waals surface area contributed by atoms with Gasteiger partial charge in [0.1, 0.15) is 21.9 Å². The van der Waals surface area contributed by atoms with E-state index in [-0.39, 0.29) is 17.7 Å². The molecule has 1 aliphatic carbocycles. The van der Waals surface area contributed by atoms with Gasteiger partial charge in [-0.3, -0.25) is 4.79 Å². The van der Waals surface area contributed by atoms with Gasteiger partial charge in [-0.1, -0.05) is 61.9 Å². The van der Waals surface area contributed by atoms with Crippen LogP contribution in [0.5, 0.6) is 11.5 Å². The molecule has 0 spiro atoms. The monoisotopic (exact) mass is 449 g/mol. The van der Waals surface area contributed by atoms with Gasteiger partial charge in [0.15, 0.2) is 0 Å². The predicted octanol–water partition coefficient (Wildman–Crippen LogP) is 6.21. The third-order valence-electron chi connectivity index (χ3n) is 5.85. The highest BCUT2D eigenvalue weighted by atomic mass is 35.5. The molecule has 1 N–H and O–H groups in total. The summed E-state index contributed by atoms with van der Waals surface area (Å²) in [6.07, 6.45) is -4.17. The second-order valence-electron chi connectivity index (χ2n) is 7.87. The van der Waals surface area contributed by atoms with Gasteiger partial charge in [0.2, 0.25) is 0 Å². The Morgan fingerprint density at radius 1 is 1.23 bits per heavy atom. The average Bonchev–Trinajstić information content (AvgIpc) is 3.17. The molecule has 2 aromatic carbocycles. The summed E-state index contributed by atoms with van der Waals surface area (Å²) in [5.74, 6) is -1.77. The van der Waals surface area contributed by atoms with Crippen molar-refractivity contribution in [2.24, 2.45) is 11.3 Å². The molecule has 1 saturated carbocycles. The number of hydrogen-bond donors (Lipinski definition) is 1. The standard InChI is InChI=1S/C23H19ClF3NO3/c1-21(2)17(13-18(24)23(25,26)27)22(21,20(29)30)19-14(11-12-28)7-6-10-16(19)31-15-8-4-3-5-9-15/h3-10,13,17H,11H2,1-2H3,(H,29,30). The van der Waals surface area contributed by atoms with Crippen molar-refractivity contribution in [1.29, 1.82) is 5.26 Å². The van der Waals surface area contributed by atoms with E-state index in [2.05, 4.69) is 0 Å². The van der Waals surface area contributed by atoms with E-state index < -0.39 is 33.9 Å². The first kappa shape index (κ1) is 22.7. The Morgan fingerprint density at radius 2 is 1.87 bits per heavy atom. The first-order chi connectivity index (χ1) is 14.5. The number of alkyl halides is 3. The second-order valence-corrected chi connectivity index (χ2v) is 8.27. The lowest BCUT2D eigenvalue weighted by molar-refractivity contribution is -0.141. The Kier molecular flexibility index (Phi) is 5.81. The van der Waals surface area contributed by atoms with Gasteiger partial charge >= 0.3 is 12.1 Å². The van der Waals surface area contributed by atoms with E-state index in [1.54, 1.807) is 62.4 Å². The normalized spacial score (nSPS) is 22.5. The van der Waals surface area contributed by atoms with E-state index in [0.29, 0.717) is 11.3 Å². The zero-order valence-corrected chi connectivity index (χ0v) is 17.5. The topological polar surface area (TPSA) is 70.3 Å². The lowest BCUT2D eigenvalue weighted by Gasteiger charge is -2.23. The zero-order valence-electron chi connectivity index (χ0n) is 16.7. The summed E-state index contributed by atoms with van der Waals surface area (Å²) >= 11 is 5.47. The van der Waals surface area contributed by atoms with Crippen LogP contribution < -0.4 is 4.74 Å². The summed E-state index contributed by atoms with van der Waals surface area (Å²) in [4.78, 5) is 12.6. The van der Waals surface area contributed by atoms with E-state index in [0.717, 1.165) is 6.08 Å². The maximum Gasteiger partial charge on any atom is 0.426 e. The Hall–Kier alpha value is -2.98. The molecule has 1 aliphatic rings. The quantitative estimate of drug-likeness (QED) is 0.569. The number of para-hydroxylation sites is 1. The third kappa shape index (κ3) is 3.77. The van der Waals surface area contributed by atoms with Crippen LogP contribution in [-0.4, -0.2) is 17.3 Å². The molecule has 0 aromatic heterocycles. The van der Waals surface area contributed by atoms with Gasteiger partial charge in [-0.05, 0) is 29.2 Å². The molecule has 0 saturated heterocycles. The molecule has 2 atom stereocenters. The van der Waals surface area contributed by atoms with E-state index >= 15 is 0 Å². The lowest BCUT2D eigenvalue weighted by Crippen LogP contribution is -2.28. The Labute approximate surface area is 182 Å². The van der Waals surface area contributed by atoms with Gasteiger partial charge in [0, 0.05) is 11.5 Å². The lowest BCUT2D eigenvalue weighted by atomic mass is 9.83. The van der Waals surface area contributed by atoms with Gasteiger partial charge in [0.05, 0.1) is 12.5 Å². The minimum absolute atomic E-state index is 0.129. The van der Waals surface area contributed by atoms with Crippen molar-refractivity contribution in [3.8, 4) is 17.6 Å². The smallest absolute Gasteiger partial charge is 0.426 e. The van der Waals surface area contributed by atoms with Gasteiger partial charge in [0.25, 0.3) is 0 Å². The van der Waals surface area contributed by atoms with Crippen LogP contribution in [0.3, 0.4) is 0 Å². The molecule has 0 radical (unpaired) electrons. The Morgan fingerprint density at radius 3 is 2.42 bits per heavy atom. The summed E-state index contributed by atoms with van der Waals surface area (Å²) in [6.45, 7) is 3.14. The van der Waals surface area contributed by atoms with Crippen molar-refractivity contribution in [1.82, 2.24) is 0 Å². The largest absolute Gasteiger partial charge is 0.481 e. The zero-order chi connectivity index (χ0) is 23.0. The van der Waals surface area contributed by atoms with Crippen LogP contribution in [0.4, 0.5) is 13.2 Å². The Bertz CT molecular complexity index is 1070. The minimum atomic E-state index is -4.79. The third-order valence-corrected chi connectivity index (χ3v) is 6.19. The predicted molar refractivity (Wildman–Crippen MR) is 109 cm³/mol. The Balaban J connectivity index is 2.24. The van der Waals surface area contributed by atoms with E-state index in [4.69, 9.17) is 16.3 Å². The molecule has 0 heterocycles. The number of benzene rings is 2. The van der Waals surface area contributed by atoms with Crippen LogP contribution in [0.25, 0.3) is 0 Å². The summed E-state index contributed by atoms with van der Waals surface area (Å²) in [5.41, 5.74) is -2.31. The first-order valence-corrected chi connectivity index (χ1v) is 9.75. The van der Waals surface area contributed by atoms with Crippen molar-refractivity contribution in [3.63, 3.8) is 0 Å². The van der Waals surface area contributed by atoms with Crippen molar-refractivity contribution >= 4 is 17.6 Å². The van der Waals surface area contributed by atoms with E-state index in [1.165, 1.54) is 0 Å². The molecule has 2 unspecified atom stereocenters. The van der Waals surface area contributed by atoms with Crippen LogP contribution >= 0.6 is 11.6 Å². The molecule has 31 heavy (non-hydrogen) atoms. The average molecular weight is 450 g/mol. The van der Waals surface area contributed by atoms with Crippen LogP contribution in [0, 0.1) is 22.7 Å². The highest BCUT2D eigenvalue weighted by Gasteiger charge is 2.77. The number of carboxylic acids is 1. The SMILES string of the molecule is CC1(C)C(C=C(Cl)C(F)(F)F)C1(C(=O)O)c1c(CC#N)cccc1Oc1ccccc1. The summed E-state index contributed by atoms with van der Waals surface area (Å²) < 4.78 is 45.2. The molecular weight excluding hydrogens is 431 g/mol. The number of nitrogens with zero attached hydrogens (tertiary/aromatic N) is 1. The van der Waals surface area contributed by atoms with Crippen LogP contribution in [-0.2, 0) is 16.6 Å². The first-order valence-electron chi connectivity index (χ1n) is 9.38. The van der Waals surface area contributed by atoms with E-state index in [1.807, 2.05) is 6.07 Å². The van der Waals surface area contributed by atoms with Crippen LogP contribution in [0.15, 0.2) is 59.6 Å². The van der Waals surface area contributed by atoms with Gasteiger partial charge < -0.3 is 9.84 Å². The fourth-order valence-electron chi connectivity index (χ4n) is 4.33. The number of hydrogen-bond acceptors (Lipinski definition) is 3. The van der Waals surface area contributed by atoms with Crippen molar-refractivity contribution < 1.29 is 27.8 Å². The molecule has 8 heteroatoms. The number of ether oxygens (including phenoxy) is 1. The fraction of sp³-hybridized carbons (Fsp3) is 0.304. The fourth-order valence-corrected chi connectivity index (χ4v) is 4.45. The maximum atomic E-state index is 13.1. The number of rotatable bonds is 6. The van der Waals surface area contributed by atoms with Gasteiger partial charge in [-0.25, -0.2) is 0 Å². The molecule has 0 bridgehead atoms. The second kappa shape index (κ2) is 7.93.